The molecule has 1 rings (SSSR count). The molecule has 2 radical (unpaired) electrons. The monoisotopic (exact) mass is 136 g/mol. The first-order chi connectivity index (χ1) is 4.46. The second-order valence-corrected chi connectivity index (χ2v) is 4.61. The molecule has 1 aliphatic rings. The van der Waals surface area contributed by atoms with E-state index < -0.39 is 0 Å². The molecule has 1 heteroatoms. The summed E-state index contributed by atoms with van der Waals surface area (Å²) in [5.74, 6) is 0. The standard InChI is InChI=1S/C9H17B/c1-8(2,3)9(10)6-4-5-7-9/h4-7H2,1-3H3. The summed E-state index contributed by atoms with van der Waals surface area (Å²) in [6.07, 6.45) is 5.09. The Morgan fingerprint density at radius 2 is 1.50 bits per heavy atom. The second kappa shape index (κ2) is 2.28. The highest BCUT2D eigenvalue weighted by molar-refractivity contribution is 6.15. The van der Waals surface area contributed by atoms with E-state index in [0.717, 1.165) is 0 Å². The SMILES string of the molecule is [B]C1(C(C)(C)C)CCCC1. The zero-order valence-electron chi connectivity index (χ0n) is 7.41. The molecule has 0 saturated heterocycles. The lowest BCUT2D eigenvalue weighted by atomic mass is 9.53. The van der Waals surface area contributed by atoms with Crippen molar-refractivity contribution in [1.29, 1.82) is 0 Å². The van der Waals surface area contributed by atoms with Gasteiger partial charge in [0.2, 0.25) is 0 Å². The Morgan fingerprint density at radius 3 is 1.70 bits per heavy atom. The van der Waals surface area contributed by atoms with Crippen LogP contribution in [0.5, 0.6) is 0 Å². The average Bonchev–Trinajstić information content (AvgIpc) is 2.13. The average molecular weight is 136 g/mol. The molecular weight excluding hydrogens is 119 g/mol. The molecule has 0 nitrogen and oxygen atoms in total. The van der Waals surface area contributed by atoms with E-state index in [9.17, 15) is 0 Å². The zero-order chi connectivity index (χ0) is 7.83. The van der Waals surface area contributed by atoms with Crippen molar-refractivity contribution in [1.82, 2.24) is 0 Å². The van der Waals surface area contributed by atoms with Crippen molar-refractivity contribution in [2.24, 2.45) is 5.41 Å². The van der Waals surface area contributed by atoms with Gasteiger partial charge in [0.25, 0.3) is 0 Å². The number of hydrogen-bond acceptors (Lipinski definition) is 0. The third-order valence-corrected chi connectivity index (χ3v) is 2.99. The molecule has 56 valence electrons. The minimum atomic E-state index is 0.132. The normalized spacial score (nSPS) is 25.1. The number of hydrogen-bond donors (Lipinski definition) is 0. The van der Waals surface area contributed by atoms with E-state index in [-0.39, 0.29) is 5.31 Å². The molecule has 0 aromatic heterocycles. The third-order valence-electron chi connectivity index (χ3n) is 2.99. The van der Waals surface area contributed by atoms with Crippen LogP contribution in [0.3, 0.4) is 0 Å². The highest BCUT2D eigenvalue weighted by atomic mass is 14.4. The molecule has 0 amide bonds. The predicted molar refractivity (Wildman–Crippen MR) is 46.4 cm³/mol. The Labute approximate surface area is 65.8 Å². The van der Waals surface area contributed by atoms with E-state index in [2.05, 4.69) is 20.8 Å². The third kappa shape index (κ3) is 1.23. The Balaban J connectivity index is 2.67. The summed E-state index contributed by atoms with van der Waals surface area (Å²) in [6, 6.07) is 0. The van der Waals surface area contributed by atoms with E-state index in [1.54, 1.807) is 0 Å². The topological polar surface area (TPSA) is 0 Å². The van der Waals surface area contributed by atoms with Crippen molar-refractivity contribution in [2.75, 3.05) is 0 Å². The van der Waals surface area contributed by atoms with Gasteiger partial charge in [-0.3, -0.25) is 0 Å². The maximum Gasteiger partial charge on any atom is 0.0753 e. The molecule has 1 saturated carbocycles. The Hall–Kier alpha value is 0.0649. The van der Waals surface area contributed by atoms with Crippen molar-refractivity contribution in [2.45, 2.75) is 51.8 Å². The van der Waals surface area contributed by atoms with Crippen LogP contribution in [-0.4, -0.2) is 7.85 Å². The summed E-state index contributed by atoms with van der Waals surface area (Å²) >= 11 is 0. The molecule has 0 heterocycles. The molecule has 0 bridgehead atoms. The van der Waals surface area contributed by atoms with Crippen LogP contribution in [0.4, 0.5) is 0 Å². The van der Waals surface area contributed by atoms with Crippen LogP contribution < -0.4 is 0 Å². The summed E-state index contributed by atoms with van der Waals surface area (Å²) in [7, 11) is 6.24. The van der Waals surface area contributed by atoms with Crippen LogP contribution in [0.1, 0.15) is 46.5 Å². The Bertz CT molecular complexity index is 115. The van der Waals surface area contributed by atoms with Gasteiger partial charge in [0.1, 0.15) is 0 Å². The largest absolute Gasteiger partial charge is 0.0753 e. The second-order valence-electron chi connectivity index (χ2n) is 4.61. The highest BCUT2D eigenvalue weighted by Crippen LogP contribution is 2.54. The van der Waals surface area contributed by atoms with Crippen molar-refractivity contribution in [3.8, 4) is 0 Å². The first-order valence-corrected chi connectivity index (χ1v) is 4.25. The first-order valence-electron chi connectivity index (χ1n) is 4.25. The van der Waals surface area contributed by atoms with E-state index in [0.29, 0.717) is 5.41 Å². The minimum absolute atomic E-state index is 0.132. The molecule has 10 heavy (non-hydrogen) atoms. The van der Waals surface area contributed by atoms with Crippen molar-refractivity contribution in [3.05, 3.63) is 0 Å². The molecule has 1 aliphatic carbocycles. The van der Waals surface area contributed by atoms with Gasteiger partial charge in [0, 0.05) is 0 Å². The van der Waals surface area contributed by atoms with E-state index >= 15 is 0 Å². The van der Waals surface area contributed by atoms with E-state index in [1.807, 2.05) is 0 Å². The van der Waals surface area contributed by atoms with Gasteiger partial charge in [-0.05, 0) is 5.41 Å². The fourth-order valence-corrected chi connectivity index (χ4v) is 1.76. The summed E-state index contributed by atoms with van der Waals surface area (Å²) in [5, 5.41) is 0.132. The van der Waals surface area contributed by atoms with Crippen LogP contribution in [0.25, 0.3) is 0 Å². The molecule has 0 unspecified atom stereocenters. The van der Waals surface area contributed by atoms with Crippen molar-refractivity contribution < 1.29 is 0 Å². The summed E-state index contributed by atoms with van der Waals surface area (Å²) in [5.41, 5.74) is 0.295. The maximum atomic E-state index is 6.24. The van der Waals surface area contributed by atoms with Gasteiger partial charge in [0.05, 0.1) is 7.85 Å². The van der Waals surface area contributed by atoms with E-state index in [1.165, 1.54) is 25.7 Å². The Morgan fingerprint density at radius 1 is 1.10 bits per heavy atom. The zero-order valence-corrected chi connectivity index (χ0v) is 7.41. The van der Waals surface area contributed by atoms with Gasteiger partial charge in [-0.25, -0.2) is 0 Å². The lowest BCUT2D eigenvalue weighted by Gasteiger charge is -2.39. The molecule has 0 aromatic carbocycles. The predicted octanol–water partition coefficient (Wildman–Crippen LogP) is 2.93. The molecule has 0 atom stereocenters. The summed E-state index contributed by atoms with van der Waals surface area (Å²) < 4.78 is 0. The van der Waals surface area contributed by atoms with Crippen LogP contribution >= 0.6 is 0 Å². The molecule has 0 aliphatic heterocycles. The van der Waals surface area contributed by atoms with Crippen LogP contribution in [0.15, 0.2) is 0 Å². The highest BCUT2D eigenvalue weighted by Gasteiger charge is 2.38. The maximum absolute atomic E-state index is 6.24. The Kier molecular flexibility index (Phi) is 1.87. The van der Waals surface area contributed by atoms with Crippen LogP contribution in [-0.2, 0) is 0 Å². The minimum Gasteiger partial charge on any atom is -0.0613 e. The van der Waals surface area contributed by atoms with E-state index in [4.69, 9.17) is 7.85 Å². The van der Waals surface area contributed by atoms with Crippen molar-refractivity contribution in [3.63, 3.8) is 0 Å². The lowest BCUT2D eigenvalue weighted by molar-refractivity contribution is 0.267. The van der Waals surface area contributed by atoms with Gasteiger partial charge in [0.15, 0.2) is 0 Å². The summed E-state index contributed by atoms with van der Waals surface area (Å²) in [6.45, 7) is 6.74. The van der Waals surface area contributed by atoms with Gasteiger partial charge < -0.3 is 0 Å². The quantitative estimate of drug-likeness (QED) is 0.449. The van der Waals surface area contributed by atoms with Crippen LogP contribution in [0.2, 0.25) is 5.31 Å². The fraction of sp³-hybridized carbons (Fsp3) is 1.00. The molecule has 0 N–H and O–H groups in total. The van der Waals surface area contributed by atoms with Gasteiger partial charge in [-0.1, -0.05) is 51.8 Å². The molecule has 0 aromatic rings. The smallest absolute Gasteiger partial charge is 0.0613 e. The summed E-state index contributed by atoms with van der Waals surface area (Å²) in [4.78, 5) is 0. The molecule has 1 fully saturated rings. The molecule has 0 spiro atoms. The van der Waals surface area contributed by atoms with Crippen molar-refractivity contribution >= 4 is 7.85 Å². The lowest BCUT2D eigenvalue weighted by Crippen LogP contribution is -2.26. The van der Waals surface area contributed by atoms with Gasteiger partial charge >= 0.3 is 0 Å². The van der Waals surface area contributed by atoms with Gasteiger partial charge in [-0.15, -0.1) is 0 Å². The molecular formula is C9H17B. The number of rotatable bonds is 0. The fourth-order valence-electron chi connectivity index (χ4n) is 1.76. The van der Waals surface area contributed by atoms with Crippen LogP contribution in [0, 0.1) is 5.41 Å². The first kappa shape index (κ1) is 8.16. The van der Waals surface area contributed by atoms with Gasteiger partial charge in [-0.2, -0.15) is 0 Å².